The van der Waals surface area contributed by atoms with Crippen molar-refractivity contribution in [3.05, 3.63) is 40.0 Å². The SMILES string of the molecule is CCc1cnc(C(C)NCc2cccnc2OC)s1. The summed E-state index contributed by atoms with van der Waals surface area (Å²) in [6.07, 6.45) is 4.74. The molecule has 0 aliphatic carbocycles. The van der Waals surface area contributed by atoms with E-state index >= 15 is 0 Å². The van der Waals surface area contributed by atoms with E-state index < -0.39 is 0 Å². The highest BCUT2D eigenvalue weighted by atomic mass is 32.1. The molecule has 2 rings (SSSR count). The van der Waals surface area contributed by atoms with Crippen LogP contribution in [0.3, 0.4) is 0 Å². The molecule has 0 saturated heterocycles. The minimum Gasteiger partial charge on any atom is -0.481 e. The van der Waals surface area contributed by atoms with Gasteiger partial charge in [-0.15, -0.1) is 11.3 Å². The van der Waals surface area contributed by atoms with Crippen molar-refractivity contribution in [2.45, 2.75) is 32.9 Å². The van der Waals surface area contributed by atoms with Crippen molar-refractivity contribution in [1.29, 1.82) is 0 Å². The molecule has 0 aromatic carbocycles. The van der Waals surface area contributed by atoms with Gasteiger partial charge in [-0.25, -0.2) is 9.97 Å². The maximum Gasteiger partial charge on any atom is 0.217 e. The Labute approximate surface area is 117 Å². The molecule has 0 aliphatic heterocycles. The summed E-state index contributed by atoms with van der Waals surface area (Å²) in [5.41, 5.74) is 1.06. The van der Waals surface area contributed by atoms with E-state index in [1.165, 1.54) is 4.88 Å². The molecule has 2 aromatic heterocycles. The van der Waals surface area contributed by atoms with Crippen LogP contribution in [0.15, 0.2) is 24.5 Å². The van der Waals surface area contributed by atoms with Crippen molar-refractivity contribution < 1.29 is 4.74 Å². The molecule has 0 fully saturated rings. The highest BCUT2D eigenvalue weighted by Gasteiger charge is 2.11. The summed E-state index contributed by atoms with van der Waals surface area (Å²) in [6, 6.07) is 4.17. The van der Waals surface area contributed by atoms with Crippen LogP contribution < -0.4 is 10.1 Å². The summed E-state index contributed by atoms with van der Waals surface area (Å²) >= 11 is 1.77. The van der Waals surface area contributed by atoms with Crippen molar-refractivity contribution in [2.24, 2.45) is 0 Å². The third-order valence-corrected chi connectivity index (χ3v) is 4.26. The number of thiazole rings is 1. The van der Waals surface area contributed by atoms with Gasteiger partial charge in [0.15, 0.2) is 0 Å². The predicted octanol–water partition coefficient (Wildman–Crippen LogP) is 2.96. The van der Waals surface area contributed by atoms with Gasteiger partial charge in [-0.2, -0.15) is 0 Å². The van der Waals surface area contributed by atoms with Crippen molar-refractivity contribution in [3.8, 4) is 5.88 Å². The topological polar surface area (TPSA) is 47.0 Å². The first kappa shape index (κ1) is 14.0. The maximum absolute atomic E-state index is 5.24. The lowest BCUT2D eigenvalue weighted by molar-refractivity contribution is 0.389. The van der Waals surface area contributed by atoms with E-state index in [0.717, 1.165) is 23.5 Å². The molecule has 5 heteroatoms. The second kappa shape index (κ2) is 6.63. The number of methoxy groups -OCH3 is 1. The second-order valence-corrected chi connectivity index (χ2v) is 5.44. The number of nitrogens with zero attached hydrogens (tertiary/aromatic N) is 2. The highest BCUT2D eigenvalue weighted by Crippen LogP contribution is 2.21. The van der Waals surface area contributed by atoms with Gasteiger partial charge >= 0.3 is 0 Å². The zero-order valence-corrected chi connectivity index (χ0v) is 12.3. The van der Waals surface area contributed by atoms with E-state index in [2.05, 4.69) is 29.1 Å². The van der Waals surface area contributed by atoms with E-state index in [1.54, 1.807) is 24.6 Å². The lowest BCUT2D eigenvalue weighted by Crippen LogP contribution is -2.18. The quantitative estimate of drug-likeness (QED) is 0.882. The number of aromatic nitrogens is 2. The standard InChI is InChI=1S/C14H19N3OS/c1-4-12-9-17-14(19-12)10(2)16-8-11-6-5-7-15-13(11)18-3/h5-7,9-10,16H,4,8H2,1-3H3. The van der Waals surface area contributed by atoms with E-state index in [0.29, 0.717) is 5.88 Å². The van der Waals surface area contributed by atoms with Gasteiger partial charge in [0.05, 0.1) is 13.2 Å². The van der Waals surface area contributed by atoms with E-state index in [1.807, 2.05) is 18.3 Å². The van der Waals surface area contributed by atoms with Crippen LogP contribution in [0, 0.1) is 0 Å². The van der Waals surface area contributed by atoms with Gasteiger partial charge in [0.1, 0.15) is 5.01 Å². The van der Waals surface area contributed by atoms with Gasteiger partial charge in [0.2, 0.25) is 5.88 Å². The van der Waals surface area contributed by atoms with Crippen LogP contribution in [0.1, 0.15) is 35.3 Å². The molecule has 1 unspecified atom stereocenters. The van der Waals surface area contributed by atoms with Crippen molar-refractivity contribution in [3.63, 3.8) is 0 Å². The van der Waals surface area contributed by atoms with E-state index in [4.69, 9.17) is 4.74 Å². The van der Waals surface area contributed by atoms with Crippen molar-refractivity contribution in [1.82, 2.24) is 15.3 Å². The molecule has 19 heavy (non-hydrogen) atoms. The van der Waals surface area contributed by atoms with Crippen LogP contribution in [0.4, 0.5) is 0 Å². The van der Waals surface area contributed by atoms with Gasteiger partial charge in [0.25, 0.3) is 0 Å². The maximum atomic E-state index is 5.24. The average Bonchev–Trinajstić information content (AvgIpc) is 2.94. The minimum atomic E-state index is 0.232. The minimum absolute atomic E-state index is 0.232. The summed E-state index contributed by atoms with van der Waals surface area (Å²) in [4.78, 5) is 9.96. The monoisotopic (exact) mass is 277 g/mol. The van der Waals surface area contributed by atoms with Crippen molar-refractivity contribution >= 4 is 11.3 Å². The number of aryl methyl sites for hydroxylation is 1. The van der Waals surface area contributed by atoms with Crippen LogP contribution in [-0.4, -0.2) is 17.1 Å². The lowest BCUT2D eigenvalue weighted by atomic mass is 10.2. The molecule has 0 amide bonds. The number of nitrogens with one attached hydrogen (secondary N) is 1. The fourth-order valence-corrected chi connectivity index (χ4v) is 2.66. The molecule has 0 radical (unpaired) electrons. The van der Waals surface area contributed by atoms with Crippen LogP contribution >= 0.6 is 11.3 Å². The molecule has 2 aromatic rings. The Kier molecular flexibility index (Phi) is 4.87. The molecule has 4 nitrogen and oxygen atoms in total. The largest absolute Gasteiger partial charge is 0.481 e. The molecular formula is C14H19N3OS. The molecule has 1 N–H and O–H groups in total. The second-order valence-electron chi connectivity index (χ2n) is 4.29. The highest BCUT2D eigenvalue weighted by molar-refractivity contribution is 7.11. The zero-order valence-electron chi connectivity index (χ0n) is 11.5. The number of ether oxygens (including phenoxy) is 1. The smallest absolute Gasteiger partial charge is 0.217 e. The zero-order chi connectivity index (χ0) is 13.7. The predicted molar refractivity (Wildman–Crippen MR) is 77.5 cm³/mol. The Balaban J connectivity index is 1.98. The lowest BCUT2D eigenvalue weighted by Gasteiger charge is -2.12. The first-order valence-electron chi connectivity index (χ1n) is 6.40. The Hall–Kier alpha value is -1.46. The normalized spacial score (nSPS) is 12.4. The molecule has 102 valence electrons. The van der Waals surface area contributed by atoms with Gasteiger partial charge in [0, 0.05) is 29.4 Å². The average molecular weight is 277 g/mol. The Morgan fingerprint density at radius 2 is 2.26 bits per heavy atom. The summed E-state index contributed by atoms with van der Waals surface area (Å²) in [5, 5.41) is 4.58. The van der Waals surface area contributed by atoms with Crippen LogP contribution in [0.2, 0.25) is 0 Å². The van der Waals surface area contributed by atoms with Crippen LogP contribution in [0.25, 0.3) is 0 Å². The van der Waals surface area contributed by atoms with Gasteiger partial charge in [-0.05, 0) is 19.4 Å². The first-order chi connectivity index (χ1) is 9.24. The summed E-state index contributed by atoms with van der Waals surface area (Å²) < 4.78 is 5.24. The molecule has 0 aliphatic rings. The molecule has 0 bridgehead atoms. The van der Waals surface area contributed by atoms with E-state index in [9.17, 15) is 0 Å². The number of rotatable bonds is 6. The third-order valence-electron chi connectivity index (χ3n) is 2.93. The molecule has 0 saturated carbocycles. The fraction of sp³-hybridized carbons (Fsp3) is 0.429. The van der Waals surface area contributed by atoms with Crippen LogP contribution in [-0.2, 0) is 13.0 Å². The Morgan fingerprint density at radius 3 is 2.95 bits per heavy atom. The summed E-state index contributed by atoms with van der Waals surface area (Å²) in [5.74, 6) is 0.676. The van der Waals surface area contributed by atoms with Gasteiger partial charge in [-0.1, -0.05) is 13.0 Å². The molecule has 0 spiro atoms. The van der Waals surface area contributed by atoms with E-state index in [-0.39, 0.29) is 6.04 Å². The number of hydrogen-bond acceptors (Lipinski definition) is 5. The Bertz CT molecular complexity index is 527. The molecule has 2 heterocycles. The van der Waals surface area contributed by atoms with Crippen LogP contribution in [0.5, 0.6) is 5.88 Å². The van der Waals surface area contributed by atoms with Crippen molar-refractivity contribution in [2.75, 3.05) is 7.11 Å². The molecule has 1 atom stereocenters. The fourth-order valence-electron chi connectivity index (χ4n) is 1.78. The first-order valence-corrected chi connectivity index (χ1v) is 7.22. The Morgan fingerprint density at radius 1 is 1.42 bits per heavy atom. The summed E-state index contributed by atoms with van der Waals surface area (Å²) in [7, 11) is 1.64. The molecular weight excluding hydrogens is 258 g/mol. The number of pyridine rings is 1. The van der Waals surface area contributed by atoms with Gasteiger partial charge in [-0.3, -0.25) is 0 Å². The van der Waals surface area contributed by atoms with Gasteiger partial charge < -0.3 is 10.1 Å². The third kappa shape index (κ3) is 3.52. The summed E-state index contributed by atoms with van der Waals surface area (Å²) in [6.45, 7) is 5.00. The number of hydrogen-bond donors (Lipinski definition) is 1.